The first-order chi connectivity index (χ1) is 6.60. The highest BCUT2D eigenvalue weighted by Crippen LogP contribution is 2.15. The lowest BCUT2D eigenvalue weighted by atomic mass is 10.1. The first-order valence-electron chi connectivity index (χ1n) is 3.88. The molecule has 0 radical (unpaired) electrons. The predicted molar refractivity (Wildman–Crippen MR) is 47.2 cm³/mol. The summed E-state index contributed by atoms with van der Waals surface area (Å²) in [6.45, 7) is 1.62. The fraction of sp³-hybridized carbons (Fsp3) is 0.200. The number of nitrogens with zero attached hydrogens (tertiary/aromatic N) is 1. The van der Waals surface area contributed by atoms with Crippen molar-refractivity contribution in [1.29, 1.82) is 5.26 Å². The van der Waals surface area contributed by atoms with Crippen molar-refractivity contribution < 1.29 is 13.9 Å². The number of rotatable bonds is 1. The van der Waals surface area contributed by atoms with Crippen LogP contribution in [0.3, 0.4) is 0 Å². The van der Waals surface area contributed by atoms with Gasteiger partial charge in [-0.1, -0.05) is 0 Å². The van der Waals surface area contributed by atoms with Gasteiger partial charge in [0.05, 0.1) is 18.2 Å². The number of hydrogen-bond acceptors (Lipinski definition) is 3. The molecular formula is C10H8FNO2. The number of methoxy groups -OCH3 is 1. The molecule has 4 heteroatoms. The Morgan fingerprint density at radius 3 is 2.71 bits per heavy atom. The molecule has 0 amide bonds. The Labute approximate surface area is 80.7 Å². The van der Waals surface area contributed by atoms with Crippen LogP contribution in [-0.2, 0) is 4.74 Å². The molecule has 0 bridgehead atoms. The average molecular weight is 193 g/mol. The zero-order valence-corrected chi connectivity index (χ0v) is 7.80. The summed E-state index contributed by atoms with van der Waals surface area (Å²) in [7, 11) is 1.22. The maximum atomic E-state index is 13.1. The summed E-state index contributed by atoms with van der Waals surface area (Å²) in [5.41, 5.74) is 0.592. The molecule has 0 aromatic heterocycles. The summed E-state index contributed by atoms with van der Waals surface area (Å²) in [6.07, 6.45) is 0. The highest BCUT2D eigenvalue weighted by atomic mass is 19.1. The second-order valence-electron chi connectivity index (χ2n) is 2.75. The molecule has 0 aliphatic heterocycles. The summed E-state index contributed by atoms with van der Waals surface area (Å²) in [6, 6.07) is 4.03. The fourth-order valence-electron chi connectivity index (χ4n) is 1.10. The summed E-state index contributed by atoms with van der Waals surface area (Å²) in [5.74, 6) is -1.32. The van der Waals surface area contributed by atoms with Gasteiger partial charge in [-0.15, -0.1) is 0 Å². The standard InChI is InChI=1S/C10H8FNO2/c1-6-3-7(5-12)9(11)4-8(6)10(13)14-2/h3-4H,1-2H3. The molecule has 1 rings (SSSR count). The molecule has 0 saturated heterocycles. The number of ether oxygens (including phenoxy) is 1. The first-order valence-corrected chi connectivity index (χ1v) is 3.88. The smallest absolute Gasteiger partial charge is 0.338 e. The number of halogens is 1. The number of hydrogen-bond donors (Lipinski definition) is 0. The molecule has 0 heterocycles. The van der Waals surface area contributed by atoms with E-state index in [1.165, 1.54) is 13.2 Å². The van der Waals surface area contributed by atoms with Crippen molar-refractivity contribution in [3.63, 3.8) is 0 Å². The van der Waals surface area contributed by atoms with E-state index in [1.807, 2.05) is 0 Å². The Bertz CT molecular complexity index is 421. The second kappa shape index (κ2) is 3.88. The van der Waals surface area contributed by atoms with Gasteiger partial charge in [0, 0.05) is 0 Å². The lowest BCUT2D eigenvalue weighted by molar-refractivity contribution is 0.0599. The molecule has 0 N–H and O–H groups in total. The van der Waals surface area contributed by atoms with Gasteiger partial charge in [-0.05, 0) is 24.6 Å². The van der Waals surface area contributed by atoms with Crippen molar-refractivity contribution in [2.45, 2.75) is 6.92 Å². The monoisotopic (exact) mass is 193 g/mol. The van der Waals surface area contributed by atoms with Crippen LogP contribution in [0.2, 0.25) is 0 Å². The van der Waals surface area contributed by atoms with Crippen molar-refractivity contribution in [3.05, 3.63) is 34.6 Å². The van der Waals surface area contributed by atoms with Gasteiger partial charge in [-0.2, -0.15) is 5.26 Å². The summed E-state index contributed by atoms with van der Waals surface area (Å²) < 4.78 is 17.6. The second-order valence-corrected chi connectivity index (χ2v) is 2.75. The molecule has 1 aromatic carbocycles. The van der Waals surface area contributed by atoms with E-state index in [0.29, 0.717) is 5.56 Å². The van der Waals surface area contributed by atoms with Crippen LogP contribution >= 0.6 is 0 Å². The Kier molecular flexibility index (Phi) is 2.82. The molecule has 0 aliphatic carbocycles. The van der Waals surface area contributed by atoms with Gasteiger partial charge in [0.15, 0.2) is 0 Å². The van der Waals surface area contributed by atoms with Gasteiger partial charge in [0.2, 0.25) is 0 Å². The zero-order chi connectivity index (χ0) is 10.7. The Morgan fingerprint density at radius 1 is 1.57 bits per heavy atom. The van der Waals surface area contributed by atoms with Crippen LogP contribution in [0, 0.1) is 24.1 Å². The minimum atomic E-state index is -0.710. The van der Waals surface area contributed by atoms with E-state index in [4.69, 9.17) is 5.26 Å². The van der Waals surface area contributed by atoms with E-state index in [-0.39, 0.29) is 11.1 Å². The van der Waals surface area contributed by atoms with Gasteiger partial charge in [0.1, 0.15) is 11.9 Å². The van der Waals surface area contributed by atoms with E-state index in [2.05, 4.69) is 4.74 Å². The van der Waals surface area contributed by atoms with Crippen LogP contribution in [0.1, 0.15) is 21.5 Å². The largest absolute Gasteiger partial charge is 0.465 e. The molecule has 0 spiro atoms. The third kappa shape index (κ3) is 1.72. The topological polar surface area (TPSA) is 50.1 Å². The third-order valence-corrected chi connectivity index (χ3v) is 1.84. The Morgan fingerprint density at radius 2 is 2.21 bits per heavy atom. The minimum Gasteiger partial charge on any atom is -0.465 e. The SMILES string of the molecule is COC(=O)c1cc(F)c(C#N)cc1C. The molecule has 0 unspecified atom stereocenters. The van der Waals surface area contributed by atoms with E-state index in [1.54, 1.807) is 13.0 Å². The molecular weight excluding hydrogens is 185 g/mol. The van der Waals surface area contributed by atoms with Gasteiger partial charge in [0.25, 0.3) is 0 Å². The maximum Gasteiger partial charge on any atom is 0.338 e. The van der Waals surface area contributed by atoms with Crippen LogP contribution in [0.25, 0.3) is 0 Å². The van der Waals surface area contributed by atoms with Gasteiger partial charge in [-0.25, -0.2) is 9.18 Å². The quantitative estimate of drug-likeness (QED) is 0.639. The highest BCUT2D eigenvalue weighted by molar-refractivity contribution is 5.91. The molecule has 0 fully saturated rings. The lowest BCUT2D eigenvalue weighted by Gasteiger charge is -2.04. The zero-order valence-electron chi connectivity index (χ0n) is 7.80. The number of carbonyl (C=O) groups is 1. The number of aryl methyl sites for hydroxylation is 1. The highest BCUT2D eigenvalue weighted by Gasteiger charge is 2.13. The van der Waals surface area contributed by atoms with Gasteiger partial charge < -0.3 is 4.74 Å². The van der Waals surface area contributed by atoms with Crippen LogP contribution in [0.4, 0.5) is 4.39 Å². The molecule has 0 saturated carbocycles. The van der Waals surface area contributed by atoms with E-state index in [9.17, 15) is 9.18 Å². The van der Waals surface area contributed by atoms with Crippen molar-refractivity contribution in [2.24, 2.45) is 0 Å². The van der Waals surface area contributed by atoms with Gasteiger partial charge >= 0.3 is 5.97 Å². The molecule has 72 valence electrons. The Hall–Kier alpha value is -1.89. The number of esters is 1. The van der Waals surface area contributed by atoms with Crippen LogP contribution < -0.4 is 0 Å². The number of carbonyl (C=O) groups excluding carboxylic acids is 1. The van der Waals surface area contributed by atoms with Gasteiger partial charge in [-0.3, -0.25) is 0 Å². The van der Waals surface area contributed by atoms with Crippen LogP contribution in [-0.4, -0.2) is 13.1 Å². The van der Waals surface area contributed by atoms with Crippen molar-refractivity contribution >= 4 is 5.97 Å². The van der Waals surface area contributed by atoms with Crippen molar-refractivity contribution in [2.75, 3.05) is 7.11 Å². The van der Waals surface area contributed by atoms with Crippen molar-refractivity contribution in [3.8, 4) is 6.07 Å². The van der Waals surface area contributed by atoms with Crippen molar-refractivity contribution in [1.82, 2.24) is 0 Å². The van der Waals surface area contributed by atoms with Crippen LogP contribution in [0.5, 0.6) is 0 Å². The summed E-state index contributed by atoms with van der Waals surface area (Å²) in [5, 5.41) is 8.52. The van der Waals surface area contributed by atoms with Crippen LogP contribution in [0.15, 0.2) is 12.1 Å². The summed E-state index contributed by atoms with van der Waals surface area (Å²) in [4.78, 5) is 11.1. The number of nitriles is 1. The minimum absolute atomic E-state index is 0.0739. The Balaban J connectivity index is 3.30. The molecule has 3 nitrogen and oxygen atoms in total. The molecule has 0 atom stereocenters. The average Bonchev–Trinajstić information content (AvgIpc) is 2.19. The molecule has 1 aromatic rings. The summed E-state index contributed by atoms with van der Waals surface area (Å²) >= 11 is 0. The first kappa shape index (κ1) is 10.2. The fourth-order valence-corrected chi connectivity index (χ4v) is 1.10. The molecule has 14 heavy (non-hydrogen) atoms. The predicted octanol–water partition coefficient (Wildman–Crippen LogP) is 1.79. The van der Waals surface area contributed by atoms with E-state index in [0.717, 1.165) is 6.07 Å². The number of benzene rings is 1. The lowest BCUT2D eigenvalue weighted by Crippen LogP contribution is -2.05. The van der Waals surface area contributed by atoms with E-state index < -0.39 is 11.8 Å². The van der Waals surface area contributed by atoms with E-state index >= 15 is 0 Å². The molecule has 0 aliphatic rings. The third-order valence-electron chi connectivity index (χ3n) is 1.84. The maximum absolute atomic E-state index is 13.1. The normalized spacial score (nSPS) is 9.29.